The summed E-state index contributed by atoms with van der Waals surface area (Å²) in [5, 5.41) is 0. The normalized spacial score (nSPS) is 41.4. The Morgan fingerprint density at radius 2 is 1.23 bits per heavy atom. The van der Waals surface area contributed by atoms with E-state index in [-0.39, 0.29) is 46.1 Å². The van der Waals surface area contributed by atoms with Crippen LogP contribution in [0.3, 0.4) is 0 Å². The fourth-order valence-corrected chi connectivity index (χ4v) is 6.81. The molecular formula is C21H17N3O2. The van der Waals surface area contributed by atoms with Crippen molar-refractivity contribution in [2.45, 2.75) is 23.9 Å². The molecule has 2 aliphatic heterocycles. The molecule has 0 radical (unpaired) electrons. The molecule has 5 aliphatic carbocycles. The van der Waals surface area contributed by atoms with Crippen LogP contribution in [0.1, 0.15) is 35.0 Å². The molecule has 0 saturated carbocycles. The molecule has 1 aromatic heterocycles. The van der Waals surface area contributed by atoms with Crippen molar-refractivity contribution in [1.82, 2.24) is 13.9 Å². The lowest BCUT2D eigenvalue weighted by Gasteiger charge is -2.72. The second kappa shape index (κ2) is 3.65. The molecule has 9 rings (SSSR count). The lowest BCUT2D eigenvalue weighted by atomic mass is 9.33. The fraction of sp³-hybridized carbons (Fsp3) is 0.333. The van der Waals surface area contributed by atoms with Crippen molar-refractivity contribution in [1.29, 1.82) is 0 Å². The van der Waals surface area contributed by atoms with Crippen LogP contribution in [0.4, 0.5) is 0 Å². The molecule has 26 heavy (non-hydrogen) atoms. The second-order valence-electron chi connectivity index (χ2n) is 8.26. The Bertz CT molecular complexity index is 1150. The zero-order chi connectivity index (χ0) is 17.4. The molecule has 0 spiro atoms. The summed E-state index contributed by atoms with van der Waals surface area (Å²) in [6.07, 6.45) is 13.6. The maximum Gasteiger partial charge on any atom is 0.347 e. The van der Waals surface area contributed by atoms with E-state index in [1.165, 1.54) is 15.7 Å². The van der Waals surface area contributed by atoms with Crippen LogP contribution in [0.2, 0.25) is 0 Å². The van der Waals surface area contributed by atoms with Crippen LogP contribution >= 0.6 is 0 Å². The maximum atomic E-state index is 12.9. The highest BCUT2D eigenvalue weighted by Crippen LogP contribution is 2.80. The minimum Gasteiger partial charge on any atom is -0.246 e. The van der Waals surface area contributed by atoms with Gasteiger partial charge in [-0.05, 0) is 11.1 Å². The molecule has 4 bridgehead atoms. The summed E-state index contributed by atoms with van der Waals surface area (Å²) < 4.78 is 4.68. The minimum absolute atomic E-state index is 0.121. The van der Waals surface area contributed by atoms with Gasteiger partial charge in [0, 0.05) is 29.7 Å². The molecule has 0 amide bonds. The van der Waals surface area contributed by atoms with Crippen LogP contribution in [0.15, 0.2) is 70.3 Å². The molecule has 128 valence electrons. The van der Waals surface area contributed by atoms with E-state index in [0.717, 1.165) is 0 Å². The molecular weight excluding hydrogens is 326 g/mol. The van der Waals surface area contributed by atoms with Crippen LogP contribution in [-0.4, -0.2) is 13.9 Å². The topological polar surface area (TPSA) is 48.9 Å². The van der Waals surface area contributed by atoms with E-state index in [1.54, 1.807) is 16.4 Å². The van der Waals surface area contributed by atoms with Gasteiger partial charge in [0.1, 0.15) is 0 Å². The zero-order valence-electron chi connectivity index (χ0n) is 14.2. The summed E-state index contributed by atoms with van der Waals surface area (Å²) in [7, 11) is 1.58. The summed E-state index contributed by atoms with van der Waals surface area (Å²) in [5.74, 6) is 0.476. The highest BCUT2D eigenvalue weighted by molar-refractivity contribution is 5.60. The number of aromatic nitrogens is 3. The van der Waals surface area contributed by atoms with Gasteiger partial charge >= 0.3 is 11.4 Å². The molecule has 5 heteroatoms. The third-order valence-electron chi connectivity index (χ3n) is 7.76. The Hall–Kier alpha value is -2.82. The predicted octanol–water partition coefficient (Wildman–Crippen LogP) is 2.01. The first kappa shape index (κ1) is 13.4. The van der Waals surface area contributed by atoms with Crippen molar-refractivity contribution in [2.24, 2.45) is 17.9 Å². The quantitative estimate of drug-likeness (QED) is 0.687. The minimum atomic E-state index is -0.212. The van der Waals surface area contributed by atoms with Gasteiger partial charge in [-0.25, -0.2) is 23.5 Å². The summed E-state index contributed by atoms with van der Waals surface area (Å²) in [4.78, 5) is 25.7. The fourth-order valence-electron chi connectivity index (χ4n) is 6.81. The van der Waals surface area contributed by atoms with E-state index in [4.69, 9.17) is 0 Å². The lowest BCUT2D eigenvalue weighted by molar-refractivity contribution is -0.0843. The van der Waals surface area contributed by atoms with Crippen molar-refractivity contribution in [3.05, 3.63) is 92.8 Å². The number of benzene rings is 1. The highest BCUT2D eigenvalue weighted by Gasteiger charge is 2.75. The van der Waals surface area contributed by atoms with Gasteiger partial charge < -0.3 is 0 Å². The van der Waals surface area contributed by atoms with Crippen molar-refractivity contribution >= 4 is 0 Å². The van der Waals surface area contributed by atoms with Crippen LogP contribution in [0.25, 0.3) is 0 Å². The van der Waals surface area contributed by atoms with Gasteiger partial charge in [0.25, 0.3) is 0 Å². The van der Waals surface area contributed by atoms with Gasteiger partial charge in [-0.2, -0.15) is 0 Å². The van der Waals surface area contributed by atoms with E-state index < -0.39 is 0 Å². The van der Waals surface area contributed by atoms with Gasteiger partial charge in [-0.15, -0.1) is 0 Å². The Balaban J connectivity index is 1.64. The molecule has 5 nitrogen and oxygen atoms in total. The summed E-state index contributed by atoms with van der Waals surface area (Å²) in [6.45, 7) is 0. The number of allylic oxidation sites excluding steroid dienone is 6. The van der Waals surface area contributed by atoms with E-state index in [0.29, 0.717) is 0 Å². The van der Waals surface area contributed by atoms with Crippen molar-refractivity contribution in [2.75, 3.05) is 0 Å². The smallest absolute Gasteiger partial charge is 0.246 e. The maximum absolute atomic E-state index is 12.9. The van der Waals surface area contributed by atoms with E-state index in [1.807, 2.05) is 0 Å². The third-order valence-corrected chi connectivity index (χ3v) is 7.76. The molecule has 6 atom stereocenters. The summed E-state index contributed by atoms with van der Waals surface area (Å²) in [6, 6.07) is 8.43. The van der Waals surface area contributed by atoms with Gasteiger partial charge in [-0.1, -0.05) is 60.7 Å². The standard InChI is InChI=1S/C21H17N3O2/c1-22-18(25)23-16-8-9-17(24(23)19(22)26)21-11-10-20(16,21)14-6-7-15(21)13-5-3-2-4-12(13)14/h2-11,14-17H,1H3/t14-,15-,16-,17+,20-,21+/m1/s1. The SMILES string of the molecule is Cn1c(=O)n2n(c1=O)[C@@H]1C=C[C@H]2[C@@]23C=C[C@@]12[C@@H]1C=C[C@@H]3c2ccccc21. The predicted molar refractivity (Wildman–Crippen MR) is 96.2 cm³/mol. The molecule has 3 heterocycles. The first-order chi connectivity index (χ1) is 12.6. The van der Waals surface area contributed by atoms with Crippen LogP contribution in [0.5, 0.6) is 0 Å². The van der Waals surface area contributed by atoms with Gasteiger partial charge in [0.2, 0.25) is 0 Å². The third kappa shape index (κ3) is 0.972. The molecule has 0 saturated heterocycles. The molecule has 7 aliphatic rings. The molecule has 2 aromatic rings. The first-order valence-electron chi connectivity index (χ1n) is 9.19. The number of rotatable bonds is 0. The Morgan fingerprint density at radius 1 is 0.769 bits per heavy atom. The Labute approximate surface area is 149 Å². The van der Waals surface area contributed by atoms with Gasteiger partial charge in [0.05, 0.1) is 12.1 Å². The molecule has 0 unspecified atom stereocenters. The molecule has 0 N–H and O–H groups in total. The van der Waals surface area contributed by atoms with Crippen LogP contribution in [-0.2, 0) is 7.05 Å². The lowest BCUT2D eigenvalue weighted by Crippen LogP contribution is -2.70. The van der Waals surface area contributed by atoms with Crippen molar-refractivity contribution in [3.8, 4) is 0 Å². The van der Waals surface area contributed by atoms with Crippen molar-refractivity contribution < 1.29 is 0 Å². The zero-order valence-corrected chi connectivity index (χ0v) is 14.2. The van der Waals surface area contributed by atoms with Gasteiger partial charge in [0.15, 0.2) is 0 Å². The molecule has 1 aromatic carbocycles. The monoisotopic (exact) mass is 343 g/mol. The average molecular weight is 343 g/mol. The number of hydrogen-bond donors (Lipinski definition) is 0. The summed E-state index contributed by atoms with van der Waals surface area (Å²) in [5.41, 5.74) is 2.01. The van der Waals surface area contributed by atoms with E-state index >= 15 is 0 Å². The highest BCUT2D eigenvalue weighted by atomic mass is 16.2. The second-order valence-corrected chi connectivity index (χ2v) is 8.26. The largest absolute Gasteiger partial charge is 0.347 e. The average Bonchev–Trinajstić information content (AvgIpc) is 2.89. The van der Waals surface area contributed by atoms with Crippen LogP contribution < -0.4 is 11.4 Å². The summed E-state index contributed by atoms with van der Waals surface area (Å²) >= 11 is 0. The Morgan fingerprint density at radius 3 is 1.65 bits per heavy atom. The molecule has 0 fully saturated rings. The van der Waals surface area contributed by atoms with E-state index in [9.17, 15) is 9.59 Å². The van der Waals surface area contributed by atoms with Crippen LogP contribution in [0, 0.1) is 10.8 Å². The van der Waals surface area contributed by atoms with Crippen molar-refractivity contribution in [3.63, 3.8) is 0 Å². The number of hydrogen-bond acceptors (Lipinski definition) is 2. The van der Waals surface area contributed by atoms with E-state index in [2.05, 4.69) is 60.7 Å². The number of nitrogens with zero attached hydrogens (tertiary/aromatic N) is 3. The first-order valence-corrected chi connectivity index (χ1v) is 9.19. The van der Waals surface area contributed by atoms with Gasteiger partial charge in [-0.3, -0.25) is 0 Å². The Kier molecular flexibility index (Phi) is 1.88.